The van der Waals surface area contributed by atoms with Crippen molar-refractivity contribution in [2.75, 3.05) is 20.8 Å². The van der Waals surface area contributed by atoms with Gasteiger partial charge >= 0.3 is 0 Å². The number of carbonyl (C=O) groups is 1. The average molecular weight is 343 g/mol. The molecule has 0 aliphatic rings. The first-order chi connectivity index (χ1) is 12.0. The van der Waals surface area contributed by atoms with Gasteiger partial charge < -0.3 is 19.5 Å². The Balaban J connectivity index is 1.85. The summed E-state index contributed by atoms with van der Waals surface area (Å²) >= 11 is 0. The van der Waals surface area contributed by atoms with Crippen LogP contribution < -0.4 is 19.5 Å². The van der Waals surface area contributed by atoms with Gasteiger partial charge in [-0.3, -0.25) is 4.79 Å². The van der Waals surface area contributed by atoms with Crippen LogP contribution in [0.15, 0.2) is 42.5 Å². The lowest BCUT2D eigenvalue weighted by Crippen LogP contribution is -2.27. The Bertz CT molecular complexity index is 715. The number of hydrogen-bond donors (Lipinski definition) is 1. The van der Waals surface area contributed by atoms with Crippen molar-refractivity contribution in [1.29, 1.82) is 0 Å². The Hall–Kier alpha value is -2.69. The Morgan fingerprint density at radius 2 is 1.84 bits per heavy atom. The third kappa shape index (κ3) is 5.41. The molecule has 0 aliphatic heterocycles. The quantitative estimate of drug-likeness (QED) is 0.795. The SMILES string of the molecule is COc1ccc(C(C)NC(=O)CCOc2cccc(C)c2)cc1OC. The van der Waals surface area contributed by atoms with Crippen LogP contribution in [0.2, 0.25) is 0 Å². The zero-order valence-electron chi connectivity index (χ0n) is 15.2. The summed E-state index contributed by atoms with van der Waals surface area (Å²) in [4.78, 5) is 12.1. The smallest absolute Gasteiger partial charge is 0.223 e. The third-order valence-corrected chi connectivity index (χ3v) is 3.87. The maximum atomic E-state index is 12.1. The van der Waals surface area contributed by atoms with Gasteiger partial charge in [0.05, 0.1) is 33.3 Å². The van der Waals surface area contributed by atoms with Crippen LogP contribution in [0.25, 0.3) is 0 Å². The maximum absolute atomic E-state index is 12.1. The Labute approximate surface area is 148 Å². The van der Waals surface area contributed by atoms with Crippen LogP contribution in [0.1, 0.15) is 30.5 Å². The molecule has 25 heavy (non-hydrogen) atoms. The molecule has 1 atom stereocenters. The maximum Gasteiger partial charge on any atom is 0.223 e. The minimum atomic E-state index is -0.133. The number of benzene rings is 2. The summed E-state index contributed by atoms with van der Waals surface area (Å²) in [5.74, 6) is 2.02. The molecule has 0 fully saturated rings. The van der Waals surface area contributed by atoms with E-state index in [2.05, 4.69) is 5.32 Å². The van der Waals surface area contributed by atoms with E-state index in [0.29, 0.717) is 24.5 Å². The van der Waals surface area contributed by atoms with E-state index < -0.39 is 0 Å². The fourth-order valence-electron chi connectivity index (χ4n) is 2.49. The van der Waals surface area contributed by atoms with E-state index in [0.717, 1.165) is 16.9 Å². The molecule has 0 aliphatic carbocycles. The van der Waals surface area contributed by atoms with Crippen LogP contribution in [0.4, 0.5) is 0 Å². The van der Waals surface area contributed by atoms with Crippen molar-refractivity contribution >= 4 is 5.91 Å². The van der Waals surface area contributed by atoms with Crippen molar-refractivity contribution in [1.82, 2.24) is 5.32 Å². The number of methoxy groups -OCH3 is 2. The summed E-state index contributed by atoms with van der Waals surface area (Å²) in [6.07, 6.45) is 0.297. The first kappa shape index (κ1) is 18.6. The fourth-order valence-corrected chi connectivity index (χ4v) is 2.49. The van der Waals surface area contributed by atoms with Crippen LogP contribution >= 0.6 is 0 Å². The molecular weight excluding hydrogens is 318 g/mol. The minimum Gasteiger partial charge on any atom is -0.493 e. The van der Waals surface area contributed by atoms with Gasteiger partial charge in [0.1, 0.15) is 5.75 Å². The van der Waals surface area contributed by atoms with E-state index in [9.17, 15) is 4.79 Å². The van der Waals surface area contributed by atoms with E-state index in [-0.39, 0.29) is 11.9 Å². The lowest BCUT2D eigenvalue weighted by molar-refractivity contribution is -0.122. The molecule has 134 valence electrons. The zero-order valence-corrected chi connectivity index (χ0v) is 15.2. The predicted molar refractivity (Wildman–Crippen MR) is 97.4 cm³/mol. The molecular formula is C20H25NO4. The summed E-state index contributed by atoms with van der Waals surface area (Å²) in [5, 5.41) is 2.97. The standard InChI is InChI=1S/C20H25NO4/c1-14-6-5-7-17(12-14)25-11-10-20(22)21-15(2)16-8-9-18(23-3)19(13-16)24-4/h5-9,12-13,15H,10-11H2,1-4H3,(H,21,22). The van der Waals surface area contributed by atoms with Crippen molar-refractivity contribution in [3.05, 3.63) is 53.6 Å². The van der Waals surface area contributed by atoms with Crippen molar-refractivity contribution in [2.24, 2.45) is 0 Å². The van der Waals surface area contributed by atoms with Gasteiger partial charge in [-0.05, 0) is 49.2 Å². The number of hydrogen-bond acceptors (Lipinski definition) is 4. The Kier molecular flexibility index (Phi) is 6.69. The summed E-state index contributed by atoms with van der Waals surface area (Å²) in [6, 6.07) is 13.3. The predicted octanol–water partition coefficient (Wildman–Crippen LogP) is 3.66. The molecule has 0 spiro atoms. The second kappa shape index (κ2) is 8.97. The molecule has 2 aromatic carbocycles. The number of rotatable bonds is 8. The molecule has 5 heteroatoms. The van der Waals surface area contributed by atoms with E-state index in [1.165, 1.54) is 0 Å². The molecule has 0 aromatic heterocycles. The first-order valence-electron chi connectivity index (χ1n) is 8.24. The highest BCUT2D eigenvalue weighted by Crippen LogP contribution is 2.29. The molecule has 2 rings (SSSR count). The van der Waals surface area contributed by atoms with Crippen LogP contribution in [-0.4, -0.2) is 26.7 Å². The molecule has 5 nitrogen and oxygen atoms in total. The number of aryl methyl sites for hydroxylation is 1. The highest BCUT2D eigenvalue weighted by Gasteiger charge is 2.12. The topological polar surface area (TPSA) is 56.8 Å². The van der Waals surface area contributed by atoms with E-state index >= 15 is 0 Å². The molecule has 0 heterocycles. The number of amides is 1. The molecule has 0 saturated carbocycles. The Morgan fingerprint density at radius 1 is 1.08 bits per heavy atom. The summed E-state index contributed by atoms with van der Waals surface area (Å²) in [6.45, 7) is 4.28. The van der Waals surface area contributed by atoms with Crippen molar-refractivity contribution < 1.29 is 19.0 Å². The average Bonchev–Trinajstić information content (AvgIpc) is 2.61. The minimum absolute atomic E-state index is 0.0602. The van der Waals surface area contributed by atoms with Gasteiger partial charge in [-0.25, -0.2) is 0 Å². The molecule has 0 bridgehead atoms. The fraction of sp³-hybridized carbons (Fsp3) is 0.350. The first-order valence-corrected chi connectivity index (χ1v) is 8.24. The van der Waals surface area contributed by atoms with Crippen LogP contribution in [0.5, 0.6) is 17.2 Å². The van der Waals surface area contributed by atoms with Crippen LogP contribution in [0.3, 0.4) is 0 Å². The molecule has 1 unspecified atom stereocenters. The number of ether oxygens (including phenoxy) is 3. The molecule has 1 N–H and O–H groups in total. The van der Waals surface area contributed by atoms with E-state index in [4.69, 9.17) is 14.2 Å². The number of carbonyl (C=O) groups excluding carboxylic acids is 1. The van der Waals surface area contributed by atoms with Crippen molar-refractivity contribution in [3.63, 3.8) is 0 Å². The third-order valence-electron chi connectivity index (χ3n) is 3.87. The van der Waals surface area contributed by atoms with Crippen LogP contribution in [0, 0.1) is 6.92 Å². The van der Waals surface area contributed by atoms with Gasteiger partial charge in [-0.1, -0.05) is 18.2 Å². The van der Waals surface area contributed by atoms with Crippen LogP contribution in [-0.2, 0) is 4.79 Å². The second-order valence-corrected chi connectivity index (χ2v) is 5.82. The van der Waals surface area contributed by atoms with Gasteiger partial charge in [0.2, 0.25) is 5.91 Å². The van der Waals surface area contributed by atoms with Crippen molar-refractivity contribution in [3.8, 4) is 17.2 Å². The monoisotopic (exact) mass is 343 g/mol. The van der Waals surface area contributed by atoms with Gasteiger partial charge in [0.15, 0.2) is 11.5 Å². The van der Waals surface area contributed by atoms with E-state index in [1.807, 2.05) is 56.3 Å². The molecule has 0 radical (unpaired) electrons. The van der Waals surface area contributed by atoms with Gasteiger partial charge in [-0.2, -0.15) is 0 Å². The summed E-state index contributed by atoms with van der Waals surface area (Å²) in [5.41, 5.74) is 2.08. The van der Waals surface area contributed by atoms with Crippen molar-refractivity contribution in [2.45, 2.75) is 26.3 Å². The highest BCUT2D eigenvalue weighted by atomic mass is 16.5. The highest BCUT2D eigenvalue weighted by molar-refractivity contribution is 5.76. The van der Waals surface area contributed by atoms with Gasteiger partial charge in [0.25, 0.3) is 0 Å². The van der Waals surface area contributed by atoms with E-state index in [1.54, 1.807) is 14.2 Å². The van der Waals surface area contributed by atoms with Gasteiger partial charge in [-0.15, -0.1) is 0 Å². The summed E-state index contributed by atoms with van der Waals surface area (Å²) < 4.78 is 16.1. The molecule has 2 aromatic rings. The summed E-state index contributed by atoms with van der Waals surface area (Å²) in [7, 11) is 3.18. The normalized spacial score (nSPS) is 11.5. The number of nitrogens with one attached hydrogen (secondary N) is 1. The zero-order chi connectivity index (χ0) is 18.2. The Morgan fingerprint density at radius 3 is 2.52 bits per heavy atom. The lowest BCUT2D eigenvalue weighted by atomic mass is 10.1. The largest absolute Gasteiger partial charge is 0.493 e. The lowest BCUT2D eigenvalue weighted by Gasteiger charge is -2.16. The molecule has 0 saturated heterocycles. The van der Waals surface area contributed by atoms with Gasteiger partial charge in [0, 0.05) is 0 Å². The molecule has 1 amide bonds. The second-order valence-electron chi connectivity index (χ2n) is 5.82.